The number of rotatable bonds is 4. The summed E-state index contributed by atoms with van der Waals surface area (Å²) in [5.74, 6) is 1.19. The molecule has 4 nitrogen and oxygen atoms in total. The third-order valence-electron chi connectivity index (χ3n) is 2.44. The van der Waals surface area contributed by atoms with Crippen LogP contribution >= 0.6 is 12.4 Å². The third-order valence-corrected chi connectivity index (χ3v) is 2.44. The Labute approximate surface area is 125 Å². The summed E-state index contributed by atoms with van der Waals surface area (Å²) in [4.78, 5) is 4.28. The van der Waals surface area contributed by atoms with Crippen LogP contribution in [0, 0.1) is 0 Å². The molecule has 3 N–H and O–H groups in total. The average molecular weight is 292 g/mol. The van der Waals surface area contributed by atoms with E-state index in [1.165, 1.54) is 0 Å². The smallest absolute Gasteiger partial charge is 0.198 e. The van der Waals surface area contributed by atoms with Crippen LogP contribution in [0.15, 0.2) is 59.6 Å². The standard InChI is InChI=1S/C15H17N3O.ClH/c1-2-19-14-10-8-13(9-11-14)18-15(16)17-12-6-4-3-5-7-12;/h3-11H,2H2,1H3,(H3,16,17,18);1H. The summed E-state index contributed by atoms with van der Waals surface area (Å²) in [5.41, 5.74) is 7.54. The highest BCUT2D eigenvalue weighted by Crippen LogP contribution is 2.18. The first-order valence-electron chi connectivity index (χ1n) is 6.17. The van der Waals surface area contributed by atoms with Crippen molar-refractivity contribution in [3.63, 3.8) is 0 Å². The van der Waals surface area contributed by atoms with Gasteiger partial charge in [0.1, 0.15) is 5.75 Å². The lowest BCUT2D eigenvalue weighted by atomic mass is 10.3. The zero-order chi connectivity index (χ0) is 13.5. The van der Waals surface area contributed by atoms with E-state index in [4.69, 9.17) is 10.5 Å². The minimum absolute atomic E-state index is 0. The zero-order valence-electron chi connectivity index (χ0n) is 11.2. The molecule has 0 amide bonds. The number of guanidine groups is 1. The highest BCUT2D eigenvalue weighted by Gasteiger charge is 1.96. The molecule has 2 aromatic carbocycles. The molecule has 0 saturated carbocycles. The van der Waals surface area contributed by atoms with Crippen LogP contribution in [0.1, 0.15) is 6.92 Å². The van der Waals surface area contributed by atoms with E-state index in [1.807, 2.05) is 61.5 Å². The van der Waals surface area contributed by atoms with Gasteiger partial charge in [0.05, 0.1) is 12.3 Å². The lowest BCUT2D eigenvalue weighted by Gasteiger charge is -2.06. The van der Waals surface area contributed by atoms with Crippen molar-refractivity contribution in [3.8, 4) is 5.75 Å². The lowest BCUT2D eigenvalue weighted by Crippen LogP contribution is -2.21. The largest absolute Gasteiger partial charge is 0.494 e. The molecule has 0 spiro atoms. The molecule has 0 heterocycles. The molecular formula is C15H18ClN3O. The number of nitrogens with one attached hydrogen (secondary N) is 1. The van der Waals surface area contributed by atoms with Crippen molar-refractivity contribution in [2.45, 2.75) is 6.92 Å². The zero-order valence-corrected chi connectivity index (χ0v) is 12.1. The second kappa shape index (κ2) is 8.07. The Morgan fingerprint density at radius 2 is 1.75 bits per heavy atom. The Hall–Kier alpha value is -2.20. The van der Waals surface area contributed by atoms with Gasteiger partial charge in [-0.1, -0.05) is 18.2 Å². The second-order valence-corrected chi connectivity index (χ2v) is 3.91. The monoisotopic (exact) mass is 291 g/mol. The van der Waals surface area contributed by atoms with E-state index < -0.39 is 0 Å². The van der Waals surface area contributed by atoms with E-state index in [-0.39, 0.29) is 12.4 Å². The number of ether oxygens (including phenoxy) is 1. The first kappa shape index (κ1) is 15.9. The molecule has 0 aliphatic rings. The van der Waals surface area contributed by atoms with Crippen molar-refractivity contribution in [1.82, 2.24) is 0 Å². The number of hydrogen-bond acceptors (Lipinski definition) is 2. The van der Waals surface area contributed by atoms with Crippen LogP contribution < -0.4 is 15.8 Å². The first-order valence-corrected chi connectivity index (χ1v) is 6.17. The Bertz CT molecular complexity index is 541. The van der Waals surface area contributed by atoms with Gasteiger partial charge in [-0.15, -0.1) is 12.4 Å². The van der Waals surface area contributed by atoms with Gasteiger partial charge in [0, 0.05) is 5.69 Å². The Kier molecular flexibility index (Phi) is 6.40. The van der Waals surface area contributed by atoms with E-state index in [2.05, 4.69) is 10.3 Å². The summed E-state index contributed by atoms with van der Waals surface area (Å²) in [5, 5.41) is 3.03. The Morgan fingerprint density at radius 3 is 2.35 bits per heavy atom. The van der Waals surface area contributed by atoms with Crippen LogP contribution in [-0.2, 0) is 0 Å². The summed E-state index contributed by atoms with van der Waals surface area (Å²) in [6.07, 6.45) is 0. The van der Waals surface area contributed by atoms with Gasteiger partial charge >= 0.3 is 0 Å². The number of anilines is 1. The number of aliphatic imine (C=N–C) groups is 1. The van der Waals surface area contributed by atoms with Crippen molar-refractivity contribution in [2.75, 3.05) is 11.9 Å². The summed E-state index contributed by atoms with van der Waals surface area (Å²) in [6, 6.07) is 17.2. The summed E-state index contributed by atoms with van der Waals surface area (Å²) in [7, 11) is 0. The van der Waals surface area contributed by atoms with E-state index in [9.17, 15) is 0 Å². The maximum Gasteiger partial charge on any atom is 0.198 e. The predicted molar refractivity (Wildman–Crippen MR) is 86.2 cm³/mol. The molecule has 0 bridgehead atoms. The van der Waals surface area contributed by atoms with Crippen molar-refractivity contribution < 1.29 is 4.74 Å². The highest BCUT2D eigenvalue weighted by molar-refractivity contribution is 5.93. The van der Waals surface area contributed by atoms with Gasteiger partial charge in [-0.05, 0) is 43.3 Å². The third kappa shape index (κ3) is 4.82. The number of nitrogens with zero attached hydrogens (tertiary/aromatic N) is 1. The highest BCUT2D eigenvalue weighted by atomic mass is 35.5. The van der Waals surface area contributed by atoms with Crippen LogP contribution in [0.5, 0.6) is 5.75 Å². The summed E-state index contributed by atoms with van der Waals surface area (Å²) < 4.78 is 5.37. The molecule has 0 aromatic heterocycles. The number of nitrogens with two attached hydrogens (primary N) is 1. The maximum atomic E-state index is 5.84. The molecule has 2 rings (SSSR count). The van der Waals surface area contributed by atoms with Gasteiger partial charge in [0.25, 0.3) is 0 Å². The molecule has 0 aliphatic heterocycles. The first-order chi connectivity index (χ1) is 9.28. The van der Waals surface area contributed by atoms with Crippen LogP contribution in [0.25, 0.3) is 0 Å². The van der Waals surface area contributed by atoms with Gasteiger partial charge < -0.3 is 15.8 Å². The van der Waals surface area contributed by atoms with E-state index in [0.29, 0.717) is 12.6 Å². The number of halogens is 1. The maximum absolute atomic E-state index is 5.84. The van der Waals surface area contributed by atoms with Crippen molar-refractivity contribution in [1.29, 1.82) is 0 Å². The molecule has 0 unspecified atom stereocenters. The molecule has 0 fully saturated rings. The van der Waals surface area contributed by atoms with Gasteiger partial charge in [-0.3, -0.25) is 0 Å². The van der Waals surface area contributed by atoms with Crippen LogP contribution in [0.4, 0.5) is 11.4 Å². The Balaban J connectivity index is 0.00000200. The summed E-state index contributed by atoms with van der Waals surface area (Å²) in [6.45, 7) is 2.61. The Morgan fingerprint density at radius 1 is 1.10 bits per heavy atom. The fraction of sp³-hybridized carbons (Fsp3) is 0.133. The number of hydrogen-bond donors (Lipinski definition) is 2. The fourth-order valence-corrected chi connectivity index (χ4v) is 1.62. The van der Waals surface area contributed by atoms with Crippen molar-refractivity contribution in [3.05, 3.63) is 54.6 Å². The SMILES string of the molecule is CCOc1ccc(N=C(N)Nc2ccccc2)cc1.Cl. The quantitative estimate of drug-likeness (QED) is 0.669. The second-order valence-electron chi connectivity index (χ2n) is 3.91. The van der Waals surface area contributed by atoms with Gasteiger partial charge in [0.15, 0.2) is 5.96 Å². The minimum atomic E-state index is 0. The number of para-hydroxylation sites is 1. The predicted octanol–water partition coefficient (Wildman–Crippen LogP) is 3.57. The minimum Gasteiger partial charge on any atom is -0.494 e. The molecule has 0 aliphatic carbocycles. The molecule has 20 heavy (non-hydrogen) atoms. The fourth-order valence-electron chi connectivity index (χ4n) is 1.62. The van der Waals surface area contributed by atoms with E-state index >= 15 is 0 Å². The van der Waals surface area contributed by atoms with E-state index in [0.717, 1.165) is 17.1 Å². The topological polar surface area (TPSA) is 59.6 Å². The summed E-state index contributed by atoms with van der Waals surface area (Å²) >= 11 is 0. The van der Waals surface area contributed by atoms with Gasteiger partial charge in [0.2, 0.25) is 0 Å². The van der Waals surface area contributed by atoms with Crippen LogP contribution in [0.2, 0.25) is 0 Å². The molecule has 0 radical (unpaired) electrons. The van der Waals surface area contributed by atoms with Gasteiger partial charge in [-0.2, -0.15) is 0 Å². The van der Waals surface area contributed by atoms with Gasteiger partial charge in [-0.25, -0.2) is 4.99 Å². The van der Waals surface area contributed by atoms with E-state index in [1.54, 1.807) is 0 Å². The average Bonchev–Trinajstić information content (AvgIpc) is 2.42. The molecule has 2 aromatic rings. The van der Waals surface area contributed by atoms with Crippen LogP contribution in [0.3, 0.4) is 0 Å². The molecule has 0 atom stereocenters. The van der Waals surface area contributed by atoms with Crippen molar-refractivity contribution >= 4 is 29.7 Å². The molecule has 0 saturated heterocycles. The molecular weight excluding hydrogens is 274 g/mol. The molecule has 106 valence electrons. The number of benzene rings is 2. The lowest BCUT2D eigenvalue weighted by molar-refractivity contribution is 0.340. The normalized spacial score (nSPS) is 10.6. The van der Waals surface area contributed by atoms with Crippen LogP contribution in [-0.4, -0.2) is 12.6 Å². The van der Waals surface area contributed by atoms with Crippen molar-refractivity contribution in [2.24, 2.45) is 10.7 Å². The molecule has 5 heteroatoms.